The Labute approximate surface area is 89.9 Å². The topological polar surface area (TPSA) is 42.9 Å². The van der Waals surface area contributed by atoms with Crippen LogP contribution in [0.2, 0.25) is 0 Å². The highest BCUT2D eigenvalue weighted by Crippen LogP contribution is 2.14. The van der Waals surface area contributed by atoms with E-state index in [1.807, 2.05) is 0 Å². The normalized spacial score (nSPS) is 10.3. The van der Waals surface area contributed by atoms with Gasteiger partial charge in [0.2, 0.25) is 5.78 Å². The summed E-state index contributed by atoms with van der Waals surface area (Å²) in [6.45, 7) is 1.80. The predicted molar refractivity (Wildman–Crippen MR) is 54.5 cm³/mol. The van der Waals surface area contributed by atoms with E-state index in [1.165, 1.54) is 18.3 Å². The zero-order chi connectivity index (χ0) is 10.8. The second kappa shape index (κ2) is 3.86. The molecule has 0 aliphatic rings. The minimum Gasteiger partial charge on any atom is -0.287 e. The van der Waals surface area contributed by atoms with E-state index < -0.39 is 11.6 Å². The standard InChI is InChI=1S/C10H7FN2OS/c1-6-2-3-8(11)7(4-6)10(14)9-5-12-15-13-9/h2-5H,1H3. The monoisotopic (exact) mass is 222 g/mol. The zero-order valence-electron chi connectivity index (χ0n) is 7.90. The molecule has 76 valence electrons. The molecule has 2 aromatic rings. The molecule has 0 saturated heterocycles. The van der Waals surface area contributed by atoms with Gasteiger partial charge in [-0.05, 0) is 19.1 Å². The van der Waals surface area contributed by atoms with Crippen molar-refractivity contribution < 1.29 is 9.18 Å². The number of aromatic nitrogens is 2. The molecule has 3 nitrogen and oxygen atoms in total. The van der Waals surface area contributed by atoms with Crippen LogP contribution in [0, 0.1) is 12.7 Å². The quantitative estimate of drug-likeness (QED) is 0.732. The molecule has 0 atom stereocenters. The number of hydrogen-bond acceptors (Lipinski definition) is 4. The zero-order valence-corrected chi connectivity index (χ0v) is 8.71. The first kappa shape index (κ1) is 9.92. The van der Waals surface area contributed by atoms with Crippen LogP contribution in [0.5, 0.6) is 0 Å². The van der Waals surface area contributed by atoms with Crippen LogP contribution in [-0.4, -0.2) is 14.5 Å². The van der Waals surface area contributed by atoms with Gasteiger partial charge in [0.1, 0.15) is 11.5 Å². The molecule has 15 heavy (non-hydrogen) atoms. The highest BCUT2D eigenvalue weighted by Gasteiger charge is 2.16. The van der Waals surface area contributed by atoms with Gasteiger partial charge in [-0.25, -0.2) is 4.39 Å². The average molecular weight is 222 g/mol. The molecule has 0 aliphatic heterocycles. The third-order valence-corrected chi connectivity index (χ3v) is 2.44. The van der Waals surface area contributed by atoms with Crippen LogP contribution in [0.4, 0.5) is 4.39 Å². The molecular weight excluding hydrogens is 215 g/mol. The lowest BCUT2D eigenvalue weighted by Crippen LogP contribution is -2.04. The molecule has 2 rings (SSSR count). The van der Waals surface area contributed by atoms with Gasteiger partial charge in [0.15, 0.2) is 0 Å². The van der Waals surface area contributed by atoms with E-state index >= 15 is 0 Å². The van der Waals surface area contributed by atoms with Crippen LogP contribution in [0.15, 0.2) is 24.4 Å². The molecule has 0 amide bonds. The van der Waals surface area contributed by atoms with Gasteiger partial charge >= 0.3 is 0 Å². The highest BCUT2D eigenvalue weighted by molar-refractivity contribution is 6.99. The molecule has 1 heterocycles. The number of aryl methyl sites for hydroxylation is 1. The molecule has 0 bridgehead atoms. The maximum Gasteiger partial charge on any atom is 0.217 e. The molecule has 0 radical (unpaired) electrons. The molecule has 0 aliphatic carbocycles. The van der Waals surface area contributed by atoms with E-state index in [1.54, 1.807) is 13.0 Å². The third-order valence-electron chi connectivity index (χ3n) is 1.96. The van der Waals surface area contributed by atoms with Crippen LogP contribution < -0.4 is 0 Å². The fourth-order valence-corrected chi connectivity index (χ4v) is 1.63. The fourth-order valence-electron chi connectivity index (χ4n) is 1.22. The van der Waals surface area contributed by atoms with E-state index in [0.29, 0.717) is 0 Å². The molecule has 1 aromatic heterocycles. The van der Waals surface area contributed by atoms with Gasteiger partial charge in [-0.3, -0.25) is 4.79 Å². The van der Waals surface area contributed by atoms with Crippen LogP contribution in [0.25, 0.3) is 0 Å². The summed E-state index contributed by atoms with van der Waals surface area (Å²) in [5, 5.41) is 0. The number of ketones is 1. The van der Waals surface area contributed by atoms with Crippen molar-refractivity contribution in [3.8, 4) is 0 Å². The van der Waals surface area contributed by atoms with Crippen molar-refractivity contribution in [2.45, 2.75) is 6.92 Å². The number of halogens is 1. The average Bonchev–Trinajstić information content (AvgIpc) is 2.74. The summed E-state index contributed by atoms with van der Waals surface area (Å²) in [5.74, 6) is -0.955. The van der Waals surface area contributed by atoms with Crippen molar-refractivity contribution in [2.75, 3.05) is 0 Å². The summed E-state index contributed by atoms with van der Waals surface area (Å²) < 4.78 is 20.8. The van der Waals surface area contributed by atoms with Gasteiger partial charge in [0, 0.05) is 0 Å². The van der Waals surface area contributed by atoms with Gasteiger partial charge in [0.05, 0.1) is 23.5 Å². The minimum absolute atomic E-state index is 0.0442. The smallest absolute Gasteiger partial charge is 0.217 e. The van der Waals surface area contributed by atoms with E-state index in [2.05, 4.69) is 8.75 Å². The van der Waals surface area contributed by atoms with E-state index in [4.69, 9.17) is 0 Å². The van der Waals surface area contributed by atoms with Crippen LogP contribution >= 0.6 is 11.7 Å². The Balaban J connectivity index is 2.46. The Morgan fingerprint density at radius 3 is 2.93 bits per heavy atom. The van der Waals surface area contributed by atoms with Gasteiger partial charge in [-0.15, -0.1) is 0 Å². The molecule has 5 heteroatoms. The van der Waals surface area contributed by atoms with Crippen molar-refractivity contribution in [1.82, 2.24) is 8.75 Å². The SMILES string of the molecule is Cc1ccc(F)c(C(=O)c2cnsn2)c1. The molecule has 0 N–H and O–H groups in total. The van der Waals surface area contributed by atoms with E-state index in [9.17, 15) is 9.18 Å². The summed E-state index contributed by atoms with van der Waals surface area (Å²) >= 11 is 0.929. The van der Waals surface area contributed by atoms with Crippen molar-refractivity contribution >= 4 is 17.5 Å². The Bertz CT molecular complexity index is 496. The van der Waals surface area contributed by atoms with Gasteiger partial charge < -0.3 is 0 Å². The Hall–Kier alpha value is -1.62. The summed E-state index contributed by atoms with van der Waals surface area (Å²) in [6.07, 6.45) is 1.34. The number of hydrogen-bond donors (Lipinski definition) is 0. The number of nitrogens with zero attached hydrogens (tertiary/aromatic N) is 2. The van der Waals surface area contributed by atoms with Crippen molar-refractivity contribution in [2.24, 2.45) is 0 Å². The first-order valence-corrected chi connectivity index (χ1v) is 5.00. The van der Waals surface area contributed by atoms with Gasteiger partial charge in [-0.2, -0.15) is 8.75 Å². The lowest BCUT2D eigenvalue weighted by Gasteiger charge is -2.00. The van der Waals surface area contributed by atoms with Gasteiger partial charge in [0.25, 0.3) is 0 Å². The van der Waals surface area contributed by atoms with Gasteiger partial charge in [-0.1, -0.05) is 11.6 Å². The van der Waals surface area contributed by atoms with Crippen molar-refractivity contribution in [3.63, 3.8) is 0 Å². The summed E-state index contributed by atoms with van der Waals surface area (Å²) in [5.41, 5.74) is 1.06. The highest BCUT2D eigenvalue weighted by atomic mass is 32.1. The number of benzene rings is 1. The maximum atomic E-state index is 13.3. The number of carbonyl (C=O) groups is 1. The Morgan fingerprint density at radius 2 is 2.27 bits per heavy atom. The summed E-state index contributed by atoms with van der Waals surface area (Å²) in [4.78, 5) is 11.7. The molecule has 0 spiro atoms. The van der Waals surface area contributed by atoms with E-state index in [-0.39, 0.29) is 11.3 Å². The predicted octanol–water partition coefficient (Wildman–Crippen LogP) is 2.22. The molecular formula is C10H7FN2OS. The lowest BCUT2D eigenvalue weighted by molar-refractivity contribution is 0.103. The first-order valence-electron chi connectivity index (χ1n) is 4.27. The Morgan fingerprint density at radius 1 is 1.47 bits per heavy atom. The van der Waals surface area contributed by atoms with Crippen LogP contribution in [0.1, 0.15) is 21.6 Å². The van der Waals surface area contributed by atoms with E-state index in [0.717, 1.165) is 17.3 Å². The lowest BCUT2D eigenvalue weighted by atomic mass is 10.1. The second-order valence-electron chi connectivity index (χ2n) is 3.11. The number of carbonyl (C=O) groups excluding carboxylic acids is 1. The molecule has 0 saturated carbocycles. The second-order valence-corrected chi connectivity index (χ2v) is 3.66. The maximum absolute atomic E-state index is 13.3. The summed E-state index contributed by atoms with van der Waals surface area (Å²) in [7, 11) is 0. The largest absolute Gasteiger partial charge is 0.287 e. The number of rotatable bonds is 2. The summed E-state index contributed by atoms with van der Waals surface area (Å²) in [6, 6.07) is 4.41. The van der Waals surface area contributed by atoms with Crippen LogP contribution in [0.3, 0.4) is 0 Å². The fraction of sp³-hybridized carbons (Fsp3) is 0.100. The van der Waals surface area contributed by atoms with Crippen LogP contribution in [-0.2, 0) is 0 Å². The van der Waals surface area contributed by atoms with Crippen molar-refractivity contribution in [1.29, 1.82) is 0 Å². The first-order chi connectivity index (χ1) is 7.18. The Kier molecular flexibility index (Phi) is 2.55. The molecule has 1 aromatic carbocycles. The third kappa shape index (κ3) is 1.92. The minimum atomic E-state index is -0.529. The molecule has 0 unspecified atom stereocenters. The van der Waals surface area contributed by atoms with Crippen molar-refractivity contribution in [3.05, 3.63) is 47.0 Å². The molecule has 0 fully saturated rings.